The topological polar surface area (TPSA) is 63.1 Å². The van der Waals surface area contributed by atoms with Crippen molar-refractivity contribution in [1.29, 1.82) is 0 Å². The molecule has 156 valence electrons. The van der Waals surface area contributed by atoms with Gasteiger partial charge in [0.2, 0.25) is 5.95 Å². The van der Waals surface area contributed by atoms with Crippen molar-refractivity contribution in [3.63, 3.8) is 0 Å². The second-order valence-electron chi connectivity index (χ2n) is 7.27. The first-order valence-corrected chi connectivity index (χ1v) is 9.61. The lowest BCUT2D eigenvalue weighted by Crippen LogP contribution is -2.20. The van der Waals surface area contributed by atoms with Gasteiger partial charge in [-0.1, -0.05) is 6.07 Å². The maximum absolute atomic E-state index is 13.6. The Morgan fingerprint density at radius 1 is 1.07 bits per heavy atom. The van der Waals surface area contributed by atoms with Gasteiger partial charge < -0.3 is 10.2 Å². The quantitative estimate of drug-likeness (QED) is 0.643. The van der Waals surface area contributed by atoms with Gasteiger partial charge >= 0.3 is 0 Å². The van der Waals surface area contributed by atoms with Gasteiger partial charge in [0.25, 0.3) is 5.56 Å². The van der Waals surface area contributed by atoms with E-state index in [0.29, 0.717) is 0 Å². The summed E-state index contributed by atoms with van der Waals surface area (Å²) < 4.78 is 41.7. The van der Waals surface area contributed by atoms with Gasteiger partial charge in [-0.15, -0.1) is 0 Å². The van der Waals surface area contributed by atoms with Crippen molar-refractivity contribution in [3.05, 3.63) is 75.5 Å². The van der Waals surface area contributed by atoms with E-state index < -0.39 is 23.0 Å². The zero-order valence-corrected chi connectivity index (χ0v) is 16.3. The first kappa shape index (κ1) is 19.9. The predicted octanol–water partition coefficient (Wildman–Crippen LogP) is 3.76. The van der Waals surface area contributed by atoms with Crippen LogP contribution >= 0.6 is 0 Å². The molecule has 3 aromatic rings. The number of rotatable bonds is 5. The summed E-state index contributed by atoms with van der Waals surface area (Å²) in [5.41, 5.74) is 2.32. The Hall–Kier alpha value is -3.36. The molecule has 1 saturated heterocycles. The standard InChI is InChI=1S/C21H20F3N5O/c1-13-4-5-15(28-6-2-3-7-28)10-18(13)26-21-27-19(30)11-25-29(21)12-14-8-16(22)20(24)17(23)9-14/h4-5,8-11H,2-3,6-7,12H2,1H3,(H,26,27,30). The van der Waals surface area contributed by atoms with E-state index >= 15 is 0 Å². The highest BCUT2D eigenvalue weighted by molar-refractivity contribution is 5.66. The second kappa shape index (κ2) is 8.17. The van der Waals surface area contributed by atoms with Crippen LogP contribution in [0.4, 0.5) is 30.5 Å². The fourth-order valence-corrected chi connectivity index (χ4v) is 3.48. The van der Waals surface area contributed by atoms with Crippen LogP contribution in [0.15, 0.2) is 41.3 Å². The summed E-state index contributed by atoms with van der Waals surface area (Å²) in [4.78, 5) is 18.0. The molecule has 0 spiro atoms. The summed E-state index contributed by atoms with van der Waals surface area (Å²) in [6.07, 6.45) is 3.30. The summed E-state index contributed by atoms with van der Waals surface area (Å²) in [5, 5.41) is 7.12. The van der Waals surface area contributed by atoms with Crippen molar-refractivity contribution in [2.24, 2.45) is 0 Å². The number of nitrogens with one attached hydrogen (secondary N) is 1. The van der Waals surface area contributed by atoms with Crippen LogP contribution in [0.1, 0.15) is 24.0 Å². The Morgan fingerprint density at radius 2 is 1.77 bits per heavy atom. The van der Waals surface area contributed by atoms with Gasteiger partial charge in [0.1, 0.15) is 6.20 Å². The zero-order chi connectivity index (χ0) is 21.3. The number of nitrogens with zero attached hydrogens (tertiary/aromatic N) is 4. The summed E-state index contributed by atoms with van der Waals surface area (Å²) in [7, 11) is 0. The van der Waals surface area contributed by atoms with Crippen molar-refractivity contribution >= 4 is 17.3 Å². The second-order valence-corrected chi connectivity index (χ2v) is 7.27. The molecule has 6 nitrogen and oxygen atoms in total. The summed E-state index contributed by atoms with van der Waals surface area (Å²) in [6, 6.07) is 7.77. The summed E-state index contributed by atoms with van der Waals surface area (Å²) in [5.74, 6) is -3.99. The van der Waals surface area contributed by atoms with Crippen LogP contribution in [0.3, 0.4) is 0 Å². The number of aryl methyl sites for hydroxylation is 1. The molecule has 0 saturated carbocycles. The van der Waals surface area contributed by atoms with Crippen LogP contribution in [0.5, 0.6) is 0 Å². The van der Waals surface area contributed by atoms with E-state index in [2.05, 4.69) is 20.3 Å². The third-order valence-corrected chi connectivity index (χ3v) is 5.08. The molecule has 2 aromatic carbocycles. The third-order valence-electron chi connectivity index (χ3n) is 5.08. The van der Waals surface area contributed by atoms with E-state index in [9.17, 15) is 18.0 Å². The predicted molar refractivity (Wildman–Crippen MR) is 108 cm³/mol. The molecule has 1 aliphatic rings. The molecule has 0 amide bonds. The molecule has 30 heavy (non-hydrogen) atoms. The molecule has 0 radical (unpaired) electrons. The Labute approximate surface area is 171 Å². The van der Waals surface area contributed by atoms with E-state index in [1.54, 1.807) is 0 Å². The lowest BCUT2D eigenvalue weighted by atomic mass is 10.1. The van der Waals surface area contributed by atoms with Gasteiger partial charge in [-0.05, 0) is 55.2 Å². The zero-order valence-electron chi connectivity index (χ0n) is 16.3. The number of anilines is 3. The van der Waals surface area contributed by atoms with Crippen molar-refractivity contribution in [2.45, 2.75) is 26.3 Å². The fraction of sp³-hybridized carbons (Fsp3) is 0.286. The smallest absolute Gasteiger partial charge is 0.293 e. The SMILES string of the molecule is Cc1ccc(N2CCCC2)cc1Nc1nc(=O)cnn1Cc1cc(F)c(F)c(F)c1. The van der Waals surface area contributed by atoms with Crippen molar-refractivity contribution in [1.82, 2.24) is 14.8 Å². The van der Waals surface area contributed by atoms with E-state index in [4.69, 9.17) is 0 Å². The van der Waals surface area contributed by atoms with Crippen LogP contribution in [-0.2, 0) is 6.54 Å². The molecule has 0 atom stereocenters. The molecular weight excluding hydrogens is 395 g/mol. The highest BCUT2D eigenvalue weighted by atomic mass is 19.2. The van der Waals surface area contributed by atoms with Crippen molar-refractivity contribution < 1.29 is 13.2 Å². The lowest BCUT2D eigenvalue weighted by Gasteiger charge is -2.20. The summed E-state index contributed by atoms with van der Waals surface area (Å²) >= 11 is 0. The Bertz CT molecular complexity index is 1120. The number of hydrogen-bond donors (Lipinski definition) is 1. The largest absolute Gasteiger partial charge is 0.371 e. The number of halogens is 3. The molecule has 1 aliphatic heterocycles. The van der Waals surface area contributed by atoms with Crippen LogP contribution < -0.4 is 15.8 Å². The summed E-state index contributed by atoms with van der Waals surface area (Å²) in [6.45, 7) is 3.79. The minimum atomic E-state index is -1.53. The van der Waals surface area contributed by atoms with Crippen LogP contribution in [0, 0.1) is 24.4 Å². The number of aromatic nitrogens is 3. The minimum absolute atomic E-state index is 0.103. The molecular formula is C21H20F3N5O. The molecule has 0 aliphatic carbocycles. The lowest BCUT2D eigenvalue weighted by molar-refractivity contribution is 0.444. The van der Waals surface area contributed by atoms with Crippen molar-refractivity contribution in [3.8, 4) is 0 Å². The molecule has 9 heteroatoms. The van der Waals surface area contributed by atoms with E-state index in [1.807, 2.05) is 25.1 Å². The average Bonchev–Trinajstić information content (AvgIpc) is 3.24. The van der Waals surface area contributed by atoms with Crippen molar-refractivity contribution in [2.75, 3.05) is 23.3 Å². The molecule has 2 heterocycles. The molecule has 0 unspecified atom stereocenters. The Morgan fingerprint density at radius 3 is 2.47 bits per heavy atom. The van der Waals surface area contributed by atoms with Gasteiger partial charge in [0.05, 0.1) is 6.54 Å². The van der Waals surface area contributed by atoms with Gasteiger partial charge in [0, 0.05) is 24.5 Å². The highest BCUT2D eigenvalue weighted by Crippen LogP contribution is 2.28. The monoisotopic (exact) mass is 415 g/mol. The molecule has 1 aromatic heterocycles. The normalized spacial score (nSPS) is 13.7. The Kier molecular flexibility index (Phi) is 5.43. The Balaban J connectivity index is 1.66. The van der Waals surface area contributed by atoms with E-state index in [0.717, 1.165) is 61.2 Å². The van der Waals surface area contributed by atoms with Gasteiger partial charge in [-0.3, -0.25) is 4.79 Å². The van der Waals surface area contributed by atoms with E-state index in [-0.39, 0.29) is 18.1 Å². The van der Waals surface area contributed by atoms with Gasteiger partial charge in [0.15, 0.2) is 17.5 Å². The third kappa shape index (κ3) is 4.14. The minimum Gasteiger partial charge on any atom is -0.371 e. The number of benzene rings is 2. The maximum atomic E-state index is 13.6. The fourth-order valence-electron chi connectivity index (χ4n) is 3.48. The average molecular weight is 415 g/mol. The molecule has 4 rings (SSSR count). The first-order valence-electron chi connectivity index (χ1n) is 9.61. The first-order chi connectivity index (χ1) is 14.4. The highest BCUT2D eigenvalue weighted by Gasteiger charge is 2.16. The molecule has 1 N–H and O–H groups in total. The number of hydrogen-bond acceptors (Lipinski definition) is 5. The molecule has 0 bridgehead atoms. The maximum Gasteiger partial charge on any atom is 0.293 e. The van der Waals surface area contributed by atoms with Crippen LogP contribution in [0.25, 0.3) is 0 Å². The van der Waals surface area contributed by atoms with Crippen LogP contribution in [-0.4, -0.2) is 27.9 Å². The molecule has 1 fully saturated rings. The van der Waals surface area contributed by atoms with Gasteiger partial charge in [-0.25, -0.2) is 17.9 Å². The van der Waals surface area contributed by atoms with E-state index in [1.165, 1.54) is 4.68 Å². The van der Waals surface area contributed by atoms with Gasteiger partial charge in [-0.2, -0.15) is 10.1 Å². The van der Waals surface area contributed by atoms with Crippen LogP contribution in [0.2, 0.25) is 0 Å².